The van der Waals surface area contributed by atoms with Crippen molar-refractivity contribution in [2.45, 2.75) is 19.9 Å². The van der Waals surface area contributed by atoms with Crippen molar-refractivity contribution in [3.05, 3.63) is 63.9 Å². The number of benzene rings is 2. The molecule has 0 spiro atoms. The number of aromatic nitrogens is 3. The number of amides is 2. The zero-order valence-corrected chi connectivity index (χ0v) is 17.3. The Hall–Kier alpha value is -2.97. The van der Waals surface area contributed by atoms with Gasteiger partial charge in [0.25, 0.3) is 0 Å². The van der Waals surface area contributed by atoms with Crippen LogP contribution in [0.4, 0.5) is 5.69 Å². The van der Waals surface area contributed by atoms with Crippen molar-refractivity contribution in [1.29, 1.82) is 0 Å². The molecular formula is C20H20ClN5O2S. The van der Waals surface area contributed by atoms with Crippen molar-refractivity contribution in [2.24, 2.45) is 0 Å². The summed E-state index contributed by atoms with van der Waals surface area (Å²) in [5.74, 6) is 0.0958. The minimum absolute atomic E-state index is 0.122. The van der Waals surface area contributed by atoms with E-state index >= 15 is 0 Å². The third kappa shape index (κ3) is 5.75. The van der Waals surface area contributed by atoms with E-state index in [0.717, 1.165) is 11.1 Å². The molecule has 2 aromatic carbocycles. The number of anilines is 1. The number of halogens is 1. The minimum Gasteiger partial charge on any atom is -0.347 e. The van der Waals surface area contributed by atoms with Crippen LogP contribution in [0.1, 0.15) is 12.0 Å². The first kappa shape index (κ1) is 20.8. The van der Waals surface area contributed by atoms with Gasteiger partial charge in [0.15, 0.2) is 10.6 Å². The Morgan fingerprint density at radius 1 is 1.10 bits per heavy atom. The molecule has 1 aromatic heterocycles. The van der Waals surface area contributed by atoms with Gasteiger partial charge in [-0.25, -0.2) is 0 Å². The van der Waals surface area contributed by atoms with Gasteiger partial charge in [-0.3, -0.25) is 19.3 Å². The molecule has 0 fully saturated rings. The molecule has 0 aliphatic heterocycles. The van der Waals surface area contributed by atoms with Gasteiger partial charge in [0.1, 0.15) is 0 Å². The van der Waals surface area contributed by atoms with E-state index in [-0.39, 0.29) is 24.8 Å². The minimum atomic E-state index is -0.319. The summed E-state index contributed by atoms with van der Waals surface area (Å²) >= 11 is 11.1. The lowest BCUT2D eigenvalue weighted by Gasteiger charge is -2.09. The molecule has 0 saturated heterocycles. The summed E-state index contributed by atoms with van der Waals surface area (Å²) < 4.78 is 2.21. The maximum atomic E-state index is 12.2. The van der Waals surface area contributed by atoms with E-state index in [4.69, 9.17) is 23.8 Å². The second kappa shape index (κ2) is 9.49. The normalized spacial score (nSPS) is 10.6. The van der Waals surface area contributed by atoms with Crippen LogP contribution >= 0.6 is 23.8 Å². The van der Waals surface area contributed by atoms with Gasteiger partial charge in [-0.1, -0.05) is 41.4 Å². The molecule has 1 heterocycles. The Morgan fingerprint density at radius 3 is 2.48 bits per heavy atom. The second-order valence-electron chi connectivity index (χ2n) is 6.45. The summed E-state index contributed by atoms with van der Waals surface area (Å²) in [6.45, 7) is 2.24. The van der Waals surface area contributed by atoms with Crippen molar-refractivity contribution in [3.8, 4) is 11.4 Å². The number of H-pyrrole nitrogens is 1. The Bertz CT molecular complexity index is 1060. The number of carbonyl (C=O) groups excluding carboxylic acids is 2. The first-order valence-corrected chi connectivity index (χ1v) is 9.75. The van der Waals surface area contributed by atoms with Crippen LogP contribution < -0.4 is 10.6 Å². The highest BCUT2D eigenvalue weighted by Gasteiger charge is 2.11. The monoisotopic (exact) mass is 429 g/mol. The van der Waals surface area contributed by atoms with E-state index in [1.165, 1.54) is 0 Å². The molecule has 0 unspecified atom stereocenters. The highest BCUT2D eigenvalue weighted by atomic mass is 35.5. The van der Waals surface area contributed by atoms with Gasteiger partial charge in [0.2, 0.25) is 11.8 Å². The summed E-state index contributed by atoms with van der Waals surface area (Å²) in [5.41, 5.74) is 2.66. The van der Waals surface area contributed by atoms with Gasteiger partial charge < -0.3 is 10.6 Å². The van der Waals surface area contributed by atoms with Gasteiger partial charge >= 0.3 is 0 Å². The lowest BCUT2D eigenvalue weighted by atomic mass is 10.1. The van der Waals surface area contributed by atoms with Gasteiger partial charge in [0.05, 0.1) is 6.54 Å². The maximum Gasteiger partial charge on any atom is 0.243 e. The van der Waals surface area contributed by atoms with Crippen LogP contribution in [0.2, 0.25) is 5.02 Å². The van der Waals surface area contributed by atoms with E-state index in [2.05, 4.69) is 20.8 Å². The molecule has 0 aliphatic carbocycles. The number of hydrogen-bond acceptors (Lipinski definition) is 4. The van der Waals surface area contributed by atoms with Crippen LogP contribution in [0.3, 0.4) is 0 Å². The van der Waals surface area contributed by atoms with Crippen LogP contribution in [0.15, 0.2) is 48.5 Å². The molecule has 150 valence electrons. The first-order chi connectivity index (χ1) is 13.9. The van der Waals surface area contributed by atoms with Crippen molar-refractivity contribution < 1.29 is 9.59 Å². The zero-order chi connectivity index (χ0) is 20.8. The number of aryl methyl sites for hydroxylation is 1. The van der Waals surface area contributed by atoms with Crippen molar-refractivity contribution in [3.63, 3.8) is 0 Å². The lowest BCUT2D eigenvalue weighted by molar-refractivity contribution is -0.124. The first-order valence-electron chi connectivity index (χ1n) is 8.97. The topological polar surface area (TPSA) is 91.8 Å². The fraction of sp³-hybridized carbons (Fsp3) is 0.200. The highest BCUT2D eigenvalue weighted by molar-refractivity contribution is 7.71. The molecule has 3 N–H and O–H groups in total. The summed E-state index contributed by atoms with van der Waals surface area (Å²) in [6.07, 6.45) is 0.168. The largest absolute Gasteiger partial charge is 0.347 e. The number of nitrogens with zero attached hydrogens (tertiary/aromatic N) is 2. The fourth-order valence-corrected chi connectivity index (χ4v) is 3.02. The molecule has 0 bridgehead atoms. The van der Waals surface area contributed by atoms with E-state index in [0.29, 0.717) is 27.9 Å². The van der Waals surface area contributed by atoms with Crippen LogP contribution in [0.25, 0.3) is 11.4 Å². The maximum absolute atomic E-state index is 12.2. The second-order valence-corrected chi connectivity index (χ2v) is 7.27. The van der Waals surface area contributed by atoms with Gasteiger partial charge in [-0.2, -0.15) is 5.10 Å². The van der Waals surface area contributed by atoms with Gasteiger partial charge in [-0.15, -0.1) is 0 Å². The van der Waals surface area contributed by atoms with E-state index in [9.17, 15) is 9.59 Å². The van der Waals surface area contributed by atoms with Crippen molar-refractivity contribution in [1.82, 2.24) is 20.1 Å². The van der Waals surface area contributed by atoms with Crippen molar-refractivity contribution >= 4 is 41.3 Å². The summed E-state index contributed by atoms with van der Waals surface area (Å²) in [4.78, 5) is 24.1. The van der Waals surface area contributed by atoms with Gasteiger partial charge in [0, 0.05) is 29.2 Å². The molecule has 0 atom stereocenters. The Labute approximate surface area is 178 Å². The number of carbonyl (C=O) groups is 2. The number of nitrogens with one attached hydrogen (secondary N) is 3. The van der Waals surface area contributed by atoms with E-state index < -0.39 is 0 Å². The summed E-state index contributed by atoms with van der Waals surface area (Å²) in [7, 11) is 0. The number of rotatable bonds is 7. The van der Waals surface area contributed by atoms with Crippen LogP contribution in [-0.4, -0.2) is 33.1 Å². The Balaban J connectivity index is 1.52. The van der Waals surface area contributed by atoms with Crippen molar-refractivity contribution in [2.75, 3.05) is 11.9 Å². The molecule has 9 heteroatoms. The zero-order valence-electron chi connectivity index (χ0n) is 15.7. The highest BCUT2D eigenvalue weighted by Crippen LogP contribution is 2.18. The van der Waals surface area contributed by atoms with Gasteiger partial charge in [-0.05, 0) is 43.4 Å². The molecule has 2 amide bonds. The Kier molecular flexibility index (Phi) is 6.79. The van der Waals surface area contributed by atoms with Crippen LogP contribution in [0, 0.1) is 11.7 Å². The molecule has 3 aromatic rings. The predicted octanol–water partition coefficient (Wildman–Crippen LogP) is 3.71. The fourth-order valence-electron chi connectivity index (χ4n) is 2.67. The molecular weight excluding hydrogens is 410 g/mol. The number of hydrogen-bond donors (Lipinski definition) is 3. The third-order valence-electron chi connectivity index (χ3n) is 4.20. The average molecular weight is 430 g/mol. The smallest absolute Gasteiger partial charge is 0.243 e. The molecule has 29 heavy (non-hydrogen) atoms. The van der Waals surface area contributed by atoms with E-state index in [1.54, 1.807) is 28.8 Å². The molecule has 3 rings (SSSR count). The lowest BCUT2D eigenvalue weighted by Crippen LogP contribution is -2.33. The standard InChI is InChI=1S/C20H20ClN5O2S/c1-13-2-4-14(5-3-13)19-24-25-20(29)26(19)11-10-17(27)22-12-18(28)23-16-8-6-15(21)7-9-16/h2-9H,10-12H2,1H3,(H,22,27)(H,23,28)(H,25,29). The quantitative estimate of drug-likeness (QED) is 0.499. The molecule has 7 nitrogen and oxygen atoms in total. The Morgan fingerprint density at radius 2 is 1.79 bits per heavy atom. The van der Waals surface area contributed by atoms with Crippen LogP contribution in [0.5, 0.6) is 0 Å². The number of aromatic amines is 1. The van der Waals surface area contributed by atoms with Crippen LogP contribution in [-0.2, 0) is 16.1 Å². The molecule has 0 saturated carbocycles. The third-order valence-corrected chi connectivity index (χ3v) is 4.77. The average Bonchev–Trinajstić information content (AvgIpc) is 3.07. The predicted molar refractivity (Wildman–Crippen MR) is 115 cm³/mol. The van der Waals surface area contributed by atoms with E-state index in [1.807, 2.05) is 31.2 Å². The molecule has 0 radical (unpaired) electrons. The summed E-state index contributed by atoms with van der Waals surface area (Å²) in [6, 6.07) is 14.6. The molecule has 0 aliphatic rings. The summed E-state index contributed by atoms with van der Waals surface area (Å²) in [5, 5.41) is 12.9. The SMILES string of the molecule is Cc1ccc(-c2n[nH]c(=S)n2CCC(=O)NCC(=O)Nc2ccc(Cl)cc2)cc1.